The summed E-state index contributed by atoms with van der Waals surface area (Å²) in [5.41, 5.74) is -0.0535. The van der Waals surface area contributed by atoms with Crippen molar-refractivity contribution in [3.05, 3.63) is 38.3 Å². The molecule has 0 radical (unpaired) electrons. The second-order valence-electron chi connectivity index (χ2n) is 2.87. The van der Waals surface area contributed by atoms with Gasteiger partial charge in [-0.05, 0) is 19.2 Å². The summed E-state index contributed by atoms with van der Waals surface area (Å²) in [5, 5.41) is 13.4. The molecule has 0 unspecified atom stereocenters. The Morgan fingerprint density at radius 3 is 2.80 bits per heavy atom. The van der Waals surface area contributed by atoms with E-state index in [4.69, 9.17) is 0 Å². The number of hydrogen-bond donors (Lipinski definition) is 1. The first kappa shape index (κ1) is 11.8. The molecule has 1 aromatic rings. The zero-order valence-corrected chi connectivity index (χ0v) is 9.58. The summed E-state index contributed by atoms with van der Waals surface area (Å²) in [6.07, 6.45) is 0. The molecule has 1 N–H and O–H groups in total. The van der Waals surface area contributed by atoms with Gasteiger partial charge in [0.2, 0.25) is 0 Å². The van der Waals surface area contributed by atoms with E-state index in [1.165, 1.54) is 12.1 Å². The van der Waals surface area contributed by atoms with Crippen molar-refractivity contribution in [1.29, 1.82) is 0 Å². The van der Waals surface area contributed by atoms with Crippen LogP contribution in [0.3, 0.4) is 0 Å². The standard InChI is InChI=1S/C9H9BrN2O3/c1-11-5-9(13)7-3-2-6(10)4-8(7)12(14)15/h2-4,11H,5H2,1H3. The average Bonchev–Trinajstić information content (AvgIpc) is 2.17. The lowest BCUT2D eigenvalue weighted by Gasteiger charge is -2.02. The van der Waals surface area contributed by atoms with Crippen molar-refractivity contribution in [2.45, 2.75) is 0 Å². The van der Waals surface area contributed by atoms with Crippen molar-refractivity contribution in [2.75, 3.05) is 13.6 Å². The molecule has 1 rings (SSSR count). The van der Waals surface area contributed by atoms with Crippen molar-refractivity contribution in [1.82, 2.24) is 5.32 Å². The van der Waals surface area contributed by atoms with E-state index in [1.54, 1.807) is 13.1 Å². The highest BCUT2D eigenvalue weighted by atomic mass is 79.9. The molecule has 0 bridgehead atoms. The number of nitro groups is 1. The molecule has 6 heteroatoms. The van der Waals surface area contributed by atoms with Gasteiger partial charge in [0.1, 0.15) is 0 Å². The van der Waals surface area contributed by atoms with E-state index < -0.39 is 4.92 Å². The third kappa shape index (κ3) is 2.84. The SMILES string of the molecule is CNCC(=O)c1ccc(Br)cc1[N+](=O)[O-]. The molecule has 15 heavy (non-hydrogen) atoms. The van der Waals surface area contributed by atoms with Crippen molar-refractivity contribution in [2.24, 2.45) is 0 Å². The Labute approximate surface area is 94.8 Å². The fourth-order valence-corrected chi connectivity index (χ4v) is 1.50. The highest BCUT2D eigenvalue weighted by Gasteiger charge is 2.19. The largest absolute Gasteiger partial charge is 0.313 e. The lowest BCUT2D eigenvalue weighted by atomic mass is 10.1. The molecule has 0 saturated carbocycles. The van der Waals surface area contributed by atoms with Crippen LogP contribution in [0.1, 0.15) is 10.4 Å². The minimum atomic E-state index is -0.562. The van der Waals surface area contributed by atoms with Gasteiger partial charge in [-0.3, -0.25) is 14.9 Å². The number of benzene rings is 1. The van der Waals surface area contributed by atoms with Crippen molar-refractivity contribution >= 4 is 27.4 Å². The van der Waals surface area contributed by atoms with Crippen molar-refractivity contribution in [3.63, 3.8) is 0 Å². The van der Waals surface area contributed by atoms with Crippen LogP contribution in [0, 0.1) is 10.1 Å². The van der Waals surface area contributed by atoms with Gasteiger partial charge in [-0.15, -0.1) is 0 Å². The molecule has 0 aromatic heterocycles. The van der Waals surface area contributed by atoms with Crippen LogP contribution < -0.4 is 5.32 Å². The van der Waals surface area contributed by atoms with Crippen molar-refractivity contribution < 1.29 is 9.72 Å². The summed E-state index contributed by atoms with van der Waals surface area (Å²) in [6.45, 7) is 0.0858. The molecule has 80 valence electrons. The summed E-state index contributed by atoms with van der Waals surface area (Å²) >= 11 is 3.12. The molecule has 0 aliphatic rings. The third-order valence-electron chi connectivity index (χ3n) is 1.79. The fourth-order valence-electron chi connectivity index (χ4n) is 1.15. The van der Waals surface area contributed by atoms with Gasteiger partial charge in [0.15, 0.2) is 5.78 Å². The van der Waals surface area contributed by atoms with Gasteiger partial charge in [0.05, 0.1) is 17.0 Å². The van der Waals surface area contributed by atoms with Crippen LogP contribution in [0.5, 0.6) is 0 Å². The first-order chi connectivity index (χ1) is 7.06. The zero-order chi connectivity index (χ0) is 11.4. The highest BCUT2D eigenvalue weighted by Crippen LogP contribution is 2.23. The van der Waals surface area contributed by atoms with E-state index in [9.17, 15) is 14.9 Å². The van der Waals surface area contributed by atoms with Gasteiger partial charge >= 0.3 is 0 Å². The Balaban J connectivity index is 3.17. The number of carbonyl (C=O) groups is 1. The molecule has 0 heterocycles. The number of halogens is 1. The van der Waals surface area contributed by atoms with Gasteiger partial charge in [-0.25, -0.2) is 0 Å². The van der Waals surface area contributed by atoms with Crippen LogP contribution in [0.2, 0.25) is 0 Å². The van der Waals surface area contributed by atoms with E-state index in [-0.39, 0.29) is 23.6 Å². The molecule has 0 saturated heterocycles. The van der Waals surface area contributed by atoms with Crippen LogP contribution in [0.15, 0.2) is 22.7 Å². The van der Waals surface area contributed by atoms with E-state index in [0.29, 0.717) is 4.47 Å². The highest BCUT2D eigenvalue weighted by molar-refractivity contribution is 9.10. The van der Waals surface area contributed by atoms with Crippen molar-refractivity contribution in [3.8, 4) is 0 Å². The smallest absolute Gasteiger partial charge is 0.281 e. The quantitative estimate of drug-likeness (QED) is 0.515. The van der Waals surface area contributed by atoms with Gasteiger partial charge in [0, 0.05) is 10.5 Å². The Hall–Kier alpha value is -1.27. The number of nitro benzene ring substituents is 1. The Morgan fingerprint density at radius 2 is 2.27 bits per heavy atom. The van der Waals surface area contributed by atoms with Crippen LogP contribution in [0.4, 0.5) is 5.69 Å². The van der Waals surface area contributed by atoms with Gasteiger partial charge in [0.25, 0.3) is 5.69 Å². The van der Waals surface area contributed by atoms with Gasteiger partial charge in [-0.1, -0.05) is 15.9 Å². The Kier molecular flexibility index (Phi) is 3.93. The van der Waals surface area contributed by atoms with Crippen LogP contribution in [0.25, 0.3) is 0 Å². The van der Waals surface area contributed by atoms with Gasteiger partial charge in [-0.2, -0.15) is 0 Å². The number of carbonyl (C=O) groups excluding carboxylic acids is 1. The monoisotopic (exact) mass is 272 g/mol. The summed E-state index contributed by atoms with van der Waals surface area (Å²) in [6, 6.07) is 4.38. The van der Waals surface area contributed by atoms with Crippen LogP contribution in [-0.2, 0) is 0 Å². The lowest BCUT2D eigenvalue weighted by Crippen LogP contribution is -2.19. The number of rotatable bonds is 4. The van der Waals surface area contributed by atoms with E-state index >= 15 is 0 Å². The van der Waals surface area contributed by atoms with Gasteiger partial charge < -0.3 is 5.32 Å². The average molecular weight is 273 g/mol. The maximum Gasteiger partial charge on any atom is 0.281 e. The molecule has 0 amide bonds. The van der Waals surface area contributed by atoms with E-state index in [1.807, 2.05) is 0 Å². The van der Waals surface area contributed by atoms with Crippen LogP contribution >= 0.6 is 15.9 Å². The molecular weight excluding hydrogens is 264 g/mol. The second kappa shape index (κ2) is 4.99. The lowest BCUT2D eigenvalue weighted by molar-refractivity contribution is -0.385. The van der Waals surface area contributed by atoms with E-state index in [0.717, 1.165) is 0 Å². The maximum atomic E-state index is 11.5. The molecule has 0 aliphatic carbocycles. The topological polar surface area (TPSA) is 72.2 Å². The summed E-state index contributed by atoms with van der Waals surface area (Å²) in [4.78, 5) is 21.6. The summed E-state index contributed by atoms with van der Waals surface area (Å²) < 4.78 is 0.579. The first-order valence-corrected chi connectivity index (χ1v) is 4.97. The summed E-state index contributed by atoms with van der Waals surface area (Å²) in [5.74, 6) is -0.295. The maximum absolute atomic E-state index is 11.5. The molecule has 0 spiro atoms. The predicted octanol–water partition coefficient (Wildman–Crippen LogP) is 1.76. The predicted molar refractivity (Wildman–Crippen MR) is 59.1 cm³/mol. The first-order valence-electron chi connectivity index (χ1n) is 4.18. The molecule has 0 atom stereocenters. The number of nitrogens with zero attached hydrogens (tertiary/aromatic N) is 1. The molecule has 0 fully saturated rings. The molecule has 1 aromatic carbocycles. The summed E-state index contributed by atoms with van der Waals surface area (Å²) in [7, 11) is 1.61. The minimum absolute atomic E-state index is 0.0858. The molecular formula is C9H9BrN2O3. The zero-order valence-electron chi connectivity index (χ0n) is 7.99. The fraction of sp³-hybridized carbons (Fsp3) is 0.222. The number of nitrogens with one attached hydrogen (secondary N) is 1. The minimum Gasteiger partial charge on any atom is -0.313 e. The molecule has 0 aliphatic heterocycles. The third-order valence-corrected chi connectivity index (χ3v) is 2.29. The Bertz CT molecular complexity index is 406. The van der Waals surface area contributed by atoms with Crippen LogP contribution in [-0.4, -0.2) is 24.3 Å². The Morgan fingerprint density at radius 1 is 1.60 bits per heavy atom. The number of ketones is 1. The normalized spacial score (nSPS) is 10.0. The molecule has 5 nitrogen and oxygen atoms in total. The number of likely N-dealkylation sites (N-methyl/N-ethyl adjacent to an activating group) is 1. The van der Waals surface area contributed by atoms with E-state index in [2.05, 4.69) is 21.2 Å². The number of hydrogen-bond acceptors (Lipinski definition) is 4. The number of Topliss-reactive ketones (excluding diaryl/α,β-unsaturated/α-hetero) is 1. The second-order valence-corrected chi connectivity index (χ2v) is 3.79.